The maximum atomic E-state index is 9.26. The van der Waals surface area contributed by atoms with Crippen molar-refractivity contribution in [3.63, 3.8) is 0 Å². The summed E-state index contributed by atoms with van der Waals surface area (Å²) in [6.07, 6.45) is 4.30. The number of nitrogens with one attached hydrogen (secondary N) is 2. The third-order valence-corrected chi connectivity index (χ3v) is 4.07. The van der Waals surface area contributed by atoms with Crippen molar-refractivity contribution < 1.29 is 5.11 Å². The van der Waals surface area contributed by atoms with E-state index in [1.165, 1.54) is 10.9 Å². The fourth-order valence-corrected chi connectivity index (χ4v) is 2.51. The molecule has 4 heteroatoms. The standard InChI is InChI=1S/C14H17ClN2O/c15-11-1-2-12-10(7-17-13(12)5-11)6-16-8-14(9-18)3-4-14/h1-2,5,7,16-18H,3-4,6,8-9H2. The van der Waals surface area contributed by atoms with Gasteiger partial charge in [0.15, 0.2) is 0 Å². The molecule has 1 heterocycles. The van der Waals surface area contributed by atoms with Crippen LogP contribution >= 0.6 is 11.6 Å². The van der Waals surface area contributed by atoms with E-state index in [0.717, 1.165) is 36.5 Å². The highest BCUT2D eigenvalue weighted by Crippen LogP contribution is 2.44. The van der Waals surface area contributed by atoms with Gasteiger partial charge < -0.3 is 15.4 Å². The summed E-state index contributed by atoms with van der Waals surface area (Å²) >= 11 is 5.96. The lowest BCUT2D eigenvalue weighted by Crippen LogP contribution is -2.25. The van der Waals surface area contributed by atoms with Crippen molar-refractivity contribution in [2.45, 2.75) is 19.4 Å². The highest BCUT2D eigenvalue weighted by Gasteiger charge is 2.41. The summed E-state index contributed by atoms with van der Waals surface area (Å²) in [5.74, 6) is 0. The van der Waals surface area contributed by atoms with Crippen molar-refractivity contribution in [2.75, 3.05) is 13.2 Å². The predicted molar refractivity (Wildman–Crippen MR) is 73.8 cm³/mol. The molecule has 0 atom stereocenters. The van der Waals surface area contributed by atoms with E-state index < -0.39 is 0 Å². The maximum Gasteiger partial charge on any atom is 0.0499 e. The molecule has 0 saturated heterocycles. The van der Waals surface area contributed by atoms with Crippen LogP contribution in [0.2, 0.25) is 5.02 Å². The molecule has 1 aromatic carbocycles. The summed E-state index contributed by atoms with van der Waals surface area (Å²) in [4.78, 5) is 3.23. The number of hydrogen-bond acceptors (Lipinski definition) is 2. The summed E-state index contributed by atoms with van der Waals surface area (Å²) < 4.78 is 0. The van der Waals surface area contributed by atoms with Crippen LogP contribution in [0, 0.1) is 5.41 Å². The minimum absolute atomic E-state index is 0.162. The maximum absolute atomic E-state index is 9.26. The van der Waals surface area contributed by atoms with Crippen molar-refractivity contribution in [2.24, 2.45) is 5.41 Å². The first-order valence-electron chi connectivity index (χ1n) is 6.30. The molecule has 0 amide bonds. The largest absolute Gasteiger partial charge is 0.396 e. The zero-order chi connectivity index (χ0) is 12.6. The average Bonchev–Trinajstić information content (AvgIpc) is 3.05. The summed E-state index contributed by atoms with van der Waals surface area (Å²) in [5.41, 5.74) is 2.48. The Labute approximate surface area is 111 Å². The van der Waals surface area contributed by atoms with Gasteiger partial charge in [-0.2, -0.15) is 0 Å². The molecule has 0 bridgehead atoms. The molecule has 1 aliphatic rings. The van der Waals surface area contributed by atoms with Crippen LogP contribution in [0.15, 0.2) is 24.4 Å². The number of benzene rings is 1. The number of aromatic amines is 1. The minimum Gasteiger partial charge on any atom is -0.396 e. The molecule has 96 valence electrons. The van der Waals surface area contributed by atoms with E-state index in [9.17, 15) is 5.11 Å². The van der Waals surface area contributed by atoms with Gasteiger partial charge in [0.05, 0.1) is 0 Å². The first kappa shape index (κ1) is 12.0. The molecule has 1 saturated carbocycles. The summed E-state index contributed by atoms with van der Waals surface area (Å²) in [5, 5.41) is 14.7. The number of H-pyrrole nitrogens is 1. The van der Waals surface area contributed by atoms with Crippen molar-refractivity contribution in [3.8, 4) is 0 Å². The summed E-state index contributed by atoms with van der Waals surface area (Å²) in [7, 11) is 0. The fraction of sp³-hybridized carbons (Fsp3) is 0.429. The van der Waals surface area contributed by atoms with Gasteiger partial charge in [-0.3, -0.25) is 0 Å². The number of hydrogen-bond donors (Lipinski definition) is 3. The molecule has 1 aliphatic carbocycles. The van der Waals surface area contributed by atoms with E-state index in [0.29, 0.717) is 6.61 Å². The Morgan fingerprint density at radius 2 is 2.22 bits per heavy atom. The van der Waals surface area contributed by atoms with Gasteiger partial charge in [-0.1, -0.05) is 17.7 Å². The van der Waals surface area contributed by atoms with Gasteiger partial charge in [-0.25, -0.2) is 0 Å². The lowest BCUT2D eigenvalue weighted by molar-refractivity contribution is 0.207. The number of fused-ring (bicyclic) bond motifs is 1. The molecule has 2 aromatic rings. The van der Waals surface area contributed by atoms with Crippen LogP contribution in [0.4, 0.5) is 0 Å². The van der Waals surface area contributed by atoms with E-state index in [1.807, 2.05) is 24.4 Å². The van der Waals surface area contributed by atoms with Crippen molar-refractivity contribution in [1.82, 2.24) is 10.3 Å². The monoisotopic (exact) mass is 264 g/mol. The van der Waals surface area contributed by atoms with Crippen molar-refractivity contribution in [3.05, 3.63) is 35.0 Å². The summed E-state index contributed by atoms with van der Waals surface area (Å²) in [6.45, 7) is 2.01. The molecular weight excluding hydrogens is 248 g/mol. The molecule has 1 aromatic heterocycles. The van der Waals surface area contributed by atoms with Gasteiger partial charge in [0.1, 0.15) is 0 Å². The predicted octanol–water partition coefficient (Wildman–Crippen LogP) is 2.68. The molecule has 0 radical (unpaired) electrons. The molecule has 3 nitrogen and oxygen atoms in total. The second-order valence-corrected chi connectivity index (χ2v) is 5.70. The van der Waals surface area contributed by atoms with Crippen LogP contribution in [-0.2, 0) is 6.54 Å². The van der Waals surface area contributed by atoms with Crippen molar-refractivity contribution in [1.29, 1.82) is 0 Å². The first-order valence-corrected chi connectivity index (χ1v) is 6.67. The normalized spacial score (nSPS) is 17.2. The number of halogens is 1. The van der Waals surface area contributed by atoms with Crippen molar-refractivity contribution >= 4 is 22.5 Å². The summed E-state index contributed by atoms with van der Waals surface area (Å²) in [6, 6.07) is 5.90. The van der Waals surface area contributed by atoms with Crippen LogP contribution in [0.3, 0.4) is 0 Å². The highest BCUT2D eigenvalue weighted by atomic mass is 35.5. The Morgan fingerprint density at radius 1 is 1.39 bits per heavy atom. The number of aromatic nitrogens is 1. The van der Waals surface area contributed by atoms with Crippen LogP contribution in [0.5, 0.6) is 0 Å². The number of aliphatic hydroxyl groups excluding tert-OH is 1. The second kappa shape index (κ2) is 4.57. The first-order chi connectivity index (χ1) is 8.72. The SMILES string of the molecule is OCC1(CNCc2c[nH]c3cc(Cl)ccc23)CC1. The van der Waals surface area contributed by atoms with Crippen LogP contribution < -0.4 is 5.32 Å². The average molecular weight is 265 g/mol. The minimum atomic E-state index is 0.162. The van der Waals surface area contributed by atoms with Crippen LogP contribution in [-0.4, -0.2) is 23.2 Å². The van der Waals surface area contributed by atoms with E-state index in [2.05, 4.69) is 10.3 Å². The van der Waals surface area contributed by atoms with Gasteiger partial charge in [0.2, 0.25) is 0 Å². The zero-order valence-electron chi connectivity index (χ0n) is 10.2. The molecule has 1 fully saturated rings. The lowest BCUT2D eigenvalue weighted by atomic mass is 10.1. The quantitative estimate of drug-likeness (QED) is 0.778. The highest BCUT2D eigenvalue weighted by molar-refractivity contribution is 6.31. The molecular formula is C14H17ClN2O. The molecule has 3 rings (SSSR count). The van der Waals surface area contributed by atoms with Crippen LogP contribution in [0.25, 0.3) is 10.9 Å². The van der Waals surface area contributed by atoms with E-state index >= 15 is 0 Å². The van der Waals surface area contributed by atoms with E-state index in [-0.39, 0.29) is 5.41 Å². The number of aliphatic hydroxyl groups is 1. The molecule has 18 heavy (non-hydrogen) atoms. The van der Waals surface area contributed by atoms with Crippen LogP contribution in [0.1, 0.15) is 18.4 Å². The van der Waals surface area contributed by atoms with Gasteiger partial charge >= 0.3 is 0 Å². The Bertz CT molecular complexity index is 560. The van der Waals surface area contributed by atoms with E-state index in [4.69, 9.17) is 11.6 Å². The second-order valence-electron chi connectivity index (χ2n) is 5.27. The third kappa shape index (κ3) is 2.26. The topological polar surface area (TPSA) is 48.0 Å². The zero-order valence-corrected chi connectivity index (χ0v) is 10.9. The Hall–Kier alpha value is -1.03. The molecule has 3 N–H and O–H groups in total. The van der Waals surface area contributed by atoms with Gasteiger partial charge in [-0.05, 0) is 30.5 Å². The van der Waals surface area contributed by atoms with Gasteiger partial charge in [0, 0.05) is 47.2 Å². The molecule has 0 spiro atoms. The van der Waals surface area contributed by atoms with Gasteiger partial charge in [-0.15, -0.1) is 0 Å². The Morgan fingerprint density at radius 3 is 2.94 bits per heavy atom. The lowest BCUT2D eigenvalue weighted by Gasteiger charge is -2.12. The Kier molecular flexibility index (Phi) is 3.06. The third-order valence-electron chi connectivity index (χ3n) is 3.84. The Balaban J connectivity index is 1.67. The smallest absolute Gasteiger partial charge is 0.0499 e. The molecule has 0 aliphatic heterocycles. The number of rotatable bonds is 5. The van der Waals surface area contributed by atoms with Gasteiger partial charge in [0.25, 0.3) is 0 Å². The van der Waals surface area contributed by atoms with E-state index in [1.54, 1.807) is 0 Å². The fourth-order valence-electron chi connectivity index (χ4n) is 2.33. The molecule has 0 unspecified atom stereocenters.